The third kappa shape index (κ3) is 4.27. The van der Waals surface area contributed by atoms with Crippen LogP contribution in [0.25, 0.3) is 38.8 Å². The molecule has 5 aromatic carbocycles. The number of para-hydroxylation sites is 3. The van der Waals surface area contributed by atoms with Gasteiger partial charge in [0, 0.05) is 40.2 Å². The molecule has 0 saturated carbocycles. The van der Waals surface area contributed by atoms with Crippen molar-refractivity contribution in [3.8, 4) is 28.4 Å². The first kappa shape index (κ1) is 22.9. The van der Waals surface area contributed by atoms with Gasteiger partial charge in [0.05, 0.1) is 28.1 Å². The number of aromatic nitrogens is 2. The molecule has 0 radical (unpaired) electrons. The predicted molar refractivity (Wildman–Crippen MR) is 178 cm³/mol. The second-order valence-corrected chi connectivity index (χ2v) is 11.0. The number of fused-ring (bicyclic) bond motifs is 4. The van der Waals surface area contributed by atoms with E-state index in [0.717, 1.165) is 38.3 Å². The minimum atomic E-state index is -2.47. The second kappa shape index (κ2) is 10.3. The number of aryl methyl sites for hydroxylation is 2. The molecule has 2 aromatic heterocycles. The molecule has 0 amide bonds. The van der Waals surface area contributed by atoms with Gasteiger partial charge in [-0.2, -0.15) is 5.06 Å². The molecule has 0 unspecified atom stereocenters. The van der Waals surface area contributed by atoms with Crippen LogP contribution in [0.4, 0.5) is 17.1 Å². The van der Waals surface area contributed by atoms with Crippen LogP contribution < -0.4 is 14.9 Å². The lowest BCUT2D eigenvalue weighted by atomic mass is 9.96. The van der Waals surface area contributed by atoms with E-state index in [1.54, 1.807) is 12.1 Å². The van der Waals surface area contributed by atoms with E-state index in [1.165, 1.54) is 21.8 Å². The fourth-order valence-electron chi connectivity index (χ4n) is 6.20. The van der Waals surface area contributed by atoms with Crippen molar-refractivity contribution in [3.63, 3.8) is 0 Å². The molecule has 8 rings (SSSR count). The van der Waals surface area contributed by atoms with Crippen molar-refractivity contribution in [1.29, 1.82) is 0 Å². The molecule has 6 heteroatoms. The summed E-state index contributed by atoms with van der Waals surface area (Å²) in [5.41, 5.74) is 8.51. The van der Waals surface area contributed by atoms with Crippen LogP contribution in [0.3, 0.4) is 0 Å². The van der Waals surface area contributed by atoms with Gasteiger partial charge in [-0.1, -0.05) is 54.6 Å². The van der Waals surface area contributed by atoms with Gasteiger partial charge in [0.25, 0.3) is 0 Å². The zero-order valence-electron chi connectivity index (χ0n) is 27.2. The fourth-order valence-corrected chi connectivity index (χ4v) is 6.20. The van der Waals surface area contributed by atoms with Gasteiger partial charge in [-0.25, -0.2) is 10.0 Å². The number of benzene rings is 5. The maximum atomic E-state index is 7.94. The van der Waals surface area contributed by atoms with Gasteiger partial charge in [0.1, 0.15) is 17.3 Å². The number of pyridine rings is 1. The van der Waals surface area contributed by atoms with Crippen LogP contribution in [0.2, 0.25) is 0 Å². The Bertz CT molecular complexity index is 2290. The monoisotopic (exact) mass is 577 g/mol. The maximum absolute atomic E-state index is 7.94. The zero-order chi connectivity index (χ0) is 32.3. The van der Waals surface area contributed by atoms with E-state index in [2.05, 4.69) is 73.0 Å². The minimum Gasteiger partial charge on any atom is -0.457 e. The molecular formula is C38H30N4O2. The largest absolute Gasteiger partial charge is 0.457 e. The number of nitrogens with zero attached hydrogens (tertiary/aromatic N) is 4. The van der Waals surface area contributed by atoms with Crippen LogP contribution >= 0.6 is 0 Å². The molecule has 0 bridgehead atoms. The Morgan fingerprint density at radius 3 is 2.30 bits per heavy atom. The van der Waals surface area contributed by atoms with Gasteiger partial charge in [-0.15, -0.1) is 4.94 Å². The highest BCUT2D eigenvalue weighted by Crippen LogP contribution is 2.42. The SMILES string of the molecule is [2H]C([2H])([2H])N1ON(c2cccc(Oc3ccc4c5ccccc5n(-c5cc(-c6c(C)cccc6C)ccn5)c4c3)c2)c2ccccc21. The van der Waals surface area contributed by atoms with E-state index in [1.807, 2.05) is 60.8 Å². The topological polar surface area (TPSA) is 42.8 Å². The van der Waals surface area contributed by atoms with Crippen molar-refractivity contribution in [2.75, 3.05) is 17.1 Å². The Morgan fingerprint density at radius 2 is 1.43 bits per heavy atom. The van der Waals surface area contributed by atoms with Gasteiger partial charge in [0.15, 0.2) is 0 Å². The molecule has 6 nitrogen and oxygen atoms in total. The van der Waals surface area contributed by atoms with Crippen molar-refractivity contribution in [2.45, 2.75) is 13.8 Å². The van der Waals surface area contributed by atoms with E-state index in [9.17, 15) is 0 Å². The number of hydrogen-bond donors (Lipinski definition) is 0. The van der Waals surface area contributed by atoms with E-state index < -0.39 is 6.98 Å². The Morgan fingerprint density at radius 1 is 0.682 bits per heavy atom. The molecule has 0 spiro atoms. The smallest absolute Gasteiger partial charge is 0.138 e. The van der Waals surface area contributed by atoms with Crippen molar-refractivity contribution < 1.29 is 13.8 Å². The van der Waals surface area contributed by atoms with Crippen LogP contribution in [0.5, 0.6) is 11.5 Å². The number of anilines is 3. The Hall–Kier alpha value is -5.59. The number of ether oxygens (including phenoxy) is 1. The van der Waals surface area contributed by atoms with Crippen molar-refractivity contribution in [3.05, 3.63) is 139 Å². The summed E-state index contributed by atoms with van der Waals surface area (Å²) in [6.07, 6.45) is 1.87. The average Bonchev–Trinajstić information content (AvgIpc) is 3.62. The van der Waals surface area contributed by atoms with Crippen LogP contribution in [-0.2, 0) is 4.94 Å². The lowest BCUT2D eigenvalue weighted by Gasteiger charge is -2.18. The van der Waals surface area contributed by atoms with Gasteiger partial charge in [-0.05, 0) is 90.7 Å². The van der Waals surface area contributed by atoms with Crippen LogP contribution in [0.1, 0.15) is 15.2 Å². The maximum Gasteiger partial charge on any atom is 0.138 e. The summed E-state index contributed by atoms with van der Waals surface area (Å²) in [5.74, 6) is 2.05. The fraction of sp³-hybridized carbons (Fsp3) is 0.0789. The first-order valence-electron chi connectivity index (χ1n) is 16.0. The zero-order valence-corrected chi connectivity index (χ0v) is 24.2. The second-order valence-electron chi connectivity index (χ2n) is 11.0. The molecular weight excluding hydrogens is 544 g/mol. The molecule has 214 valence electrons. The van der Waals surface area contributed by atoms with Crippen molar-refractivity contribution >= 4 is 38.9 Å². The number of hydrogen-bond acceptors (Lipinski definition) is 5. The normalized spacial score (nSPS) is 14.0. The van der Waals surface area contributed by atoms with Crippen molar-refractivity contribution in [2.24, 2.45) is 0 Å². The molecule has 44 heavy (non-hydrogen) atoms. The Balaban J connectivity index is 1.19. The summed E-state index contributed by atoms with van der Waals surface area (Å²) in [6, 6.07) is 39.6. The van der Waals surface area contributed by atoms with Gasteiger partial charge in [0.2, 0.25) is 0 Å². The minimum absolute atomic E-state index is 0.465. The summed E-state index contributed by atoms with van der Waals surface area (Å²) < 4.78 is 32.4. The van der Waals surface area contributed by atoms with Gasteiger partial charge in [-0.3, -0.25) is 4.57 Å². The van der Waals surface area contributed by atoms with E-state index in [0.29, 0.717) is 28.6 Å². The molecule has 0 aliphatic carbocycles. The van der Waals surface area contributed by atoms with Gasteiger partial charge >= 0.3 is 0 Å². The molecule has 7 aromatic rings. The van der Waals surface area contributed by atoms with Crippen LogP contribution in [0.15, 0.2) is 128 Å². The summed E-state index contributed by atoms with van der Waals surface area (Å²) in [7, 11) is 0. The Kier molecular flexibility index (Phi) is 5.37. The summed E-state index contributed by atoms with van der Waals surface area (Å²) in [4.78, 5) is 10.7. The number of hydroxylamine groups is 1. The molecule has 1 aliphatic heterocycles. The third-order valence-corrected chi connectivity index (χ3v) is 8.16. The molecule has 0 atom stereocenters. The van der Waals surface area contributed by atoms with Gasteiger partial charge < -0.3 is 4.74 Å². The molecule has 0 saturated heterocycles. The quantitative estimate of drug-likeness (QED) is 0.204. The summed E-state index contributed by atoms with van der Waals surface area (Å²) >= 11 is 0. The first-order valence-corrected chi connectivity index (χ1v) is 14.5. The molecule has 1 aliphatic rings. The van der Waals surface area contributed by atoms with E-state index >= 15 is 0 Å². The Labute approximate surface area is 260 Å². The lowest BCUT2D eigenvalue weighted by molar-refractivity contribution is 0.142. The third-order valence-electron chi connectivity index (χ3n) is 8.16. The molecule has 0 N–H and O–H groups in total. The predicted octanol–water partition coefficient (Wildman–Crippen LogP) is 9.69. The highest BCUT2D eigenvalue weighted by atomic mass is 16.8. The standard InChI is InChI=1S/C38H30N4O2/c1-25-10-8-11-26(2)38(25)27-20-21-39-37(22-27)41-33-15-5-4-14-31(33)32-19-18-30(24-36(32)41)43-29-13-9-12-28(23-29)42-35-17-7-6-16-34(35)40(3)44-42/h4-24H,1-3H3/i3D3. The summed E-state index contributed by atoms with van der Waals surface area (Å²) in [5, 5.41) is 4.67. The number of rotatable bonds is 5. The van der Waals surface area contributed by atoms with E-state index in [4.69, 9.17) is 18.8 Å². The highest BCUT2D eigenvalue weighted by Gasteiger charge is 2.26. The molecule has 3 heterocycles. The van der Waals surface area contributed by atoms with Crippen LogP contribution in [-0.4, -0.2) is 16.5 Å². The van der Waals surface area contributed by atoms with Crippen molar-refractivity contribution in [1.82, 2.24) is 9.55 Å². The highest BCUT2D eigenvalue weighted by molar-refractivity contribution is 6.09. The lowest BCUT2D eigenvalue weighted by Crippen LogP contribution is -2.20. The van der Waals surface area contributed by atoms with E-state index in [-0.39, 0.29) is 0 Å². The molecule has 0 fully saturated rings. The van der Waals surface area contributed by atoms with Crippen LogP contribution in [0, 0.1) is 13.8 Å². The summed E-state index contributed by atoms with van der Waals surface area (Å²) in [6.45, 7) is 1.80. The first-order chi connectivity index (χ1) is 22.8. The average molecular weight is 578 g/mol.